The van der Waals surface area contributed by atoms with Crippen molar-refractivity contribution in [1.29, 1.82) is 0 Å². The Balaban J connectivity index is 1.44. The number of benzene rings is 2. The highest BCUT2D eigenvalue weighted by Gasteiger charge is 2.37. The smallest absolute Gasteiger partial charge is 0.416 e. The van der Waals surface area contributed by atoms with Crippen LogP contribution < -0.4 is 9.80 Å². The lowest BCUT2D eigenvalue weighted by atomic mass is 10.0. The first-order chi connectivity index (χ1) is 16.9. The van der Waals surface area contributed by atoms with Crippen molar-refractivity contribution in [3.05, 3.63) is 106 Å². The molecule has 2 heterocycles. The van der Waals surface area contributed by atoms with E-state index in [9.17, 15) is 31.1 Å². The zero-order valence-corrected chi connectivity index (χ0v) is 19.3. The number of nitrogens with one attached hydrogen (secondary N) is 2. The molecule has 0 bridgehead atoms. The molecule has 0 fully saturated rings. The number of methoxy groups -OCH3 is 1. The van der Waals surface area contributed by atoms with Crippen molar-refractivity contribution in [2.45, 2.75) is 31.9 Å². The van der Waals surface area contributed by atoms with Gasteiger partial charge in [-0.1, -0.05) is 12.1 Å². The number of alkyl halides is 6. The standard InChI is InChI=1S/C26H22F6N2O2/c1-36-24(35)19-4-2-17(3-5-19)13-33-8-6-20(15-33)21-7-9-34(16-21)14-18-10-22(25(27,28)29)12-23(11-18)26(30,31)32/h2-5,7,9-12,15-16H,6,8,13-14H2,1H3/p+2. The molecule has 0 radical (unpaired) electrons. The fourth-order valence-electron chi connectivity index (χ4n) is 4.35. The molecule has 0 amide bonds. The van der Waals surface area contributed by atoms with Crippen LogP contribution in [-0.4, -0.2) is 19.6 Å². The largest absolute Gasteiger partial charge is 0.465 e. The first kappa shape index (κ1) is 25.7. The van der Waals surface area contributed by atoms with Crippen LogP contribution in [0.1, 0.15) is 39.0 Å². The molecule has 2 atom stereocenters. The highest BCUT2D eigenvalue weighted by atomic mass is 19.4. The summed E-state index contributed by atoms with van der Waals surface area (Å²) < 4.78 is 83.6. The molecule has 0 spiro atoms. The first-order valence-corrected chi connectivity index (χ1v) is 11.2. The third-order valence-electron chi connectivity index (χ3n) is 6.14. The molecule has 2 unspecified atom stereocenters. The van der Waals surface area contributed by atoms with E-state index in [1.165, 1.54) is 12.0 Å². The maximum absolute atomic E-state index is 13.2. The minimum absolute atomic E-state index is 0.0383. The van der Waals surface area contributed by atoms with E-state index >= 15 is 0 Å². The fraction of sp³-hybridized carbons (Fsp3) is 0.269. The molecule has 36 heavy (non-hydrogen) atoms. The molecular weight excluding hydrogens is 486 g/mol. The minimum Gasteiger partial charge on any atom is -0.465 e. The third kappa shape index (κ3) is 6.06. The monoisotopic (exact) mass is 510 g/mol. The number of allylic oxidation sites excluding steroid dienone is 2. The SMILES string of the molecule is COC(=O)c1ccc(C[NH+]2C=C(C3=C[NH+](Cc4cc(C(F)(F)F)cc(C(F)(F)F)c4)C=C3)CC2)cc1. The maximum atomic E-state index is 13.2. The molecule has 4 rings (SSSR count). The van der Waals surface area contributed by atoms with Crippen molar-refractivity contribution >= 4 is 5.97 Å². The van der Waals surface area contributed by atoms with E-state index < -0.39 is 29.4 Å². The lowest BCUT2D eigenvalue weighted by Gasteiger charge is -2.15. The molecule has 2 aliphatic heterocycles. The van der Waals surface area contributed by atoms with Crippen LogP contribution in [0.25, 0.3) is 0 Å². The van der Waals surface area contributed by atoms with Crippen molar-refractivity contribution < 1.29 is 45.7 Å². The molecule has 0 aromatic heterocycles. The average Bonchev–Trinajstić information content (AvgIpc) is 3.47. The Bertz CT molecular complexity index is 1190. The average molecular weight is 510 g/mol. The van der Waals surface area contributed by atoms with Gasteiger partial charge in [0.15, 0.2) is 0 Å². The van der Waals surface area contributed by atoms with Crippen molar-refractivity contribution in [3.8, 4) is 0 Å². The summed E-state index contributed by atoms with van der Waals surface area (Å²) in [7, 11) is 1.32. The fourth-order valence-corrected chi connectivity index (χ4v) is 4.35. The van der Waals surface area contributed by atoms with Gasteiger partial charge in [0.05, 0.1) is 42.7 Å². The van der Waals surface area contributed by atoms with Crippen LogP contribution in [0, 0.1) is 0 Å². The summed E-state index contributed by atoms with van der Waals surface area (Å²) in [6, 6.07) is 8.85. The Labute approximate surface area is 203 Å². The summed E-state index contributed by atoms with van der Waals surface area (Å²) in [6.45, 7) is 1.52. The van der Waals surface area contributed by atoms with Crippen LogP contribution in [0.3, 0.4) is 0 Å². The van der Waals surface area contributed by atoms with Gasteiger partial charge in [0.2, 0.25) is 0 Å². The minimum atomic E-state index is -4.87. The third-order valence-corrected chi connectivity index (χ3v) is 6.14. The van der Waals surface area contributed by atoms with Gasteiger partial charge in [-0.15, -0.1) is 0 Å². The predicted molar refractivity (Wildman–Crippen MR) is 118 cm³/mol. The number of hydrogen-bond donors (Lipinski definition) is 2. The number of quaternary nitrogens is 2. The van der Waals surface area contributed by atoms with Gasteiger partial charge in [-0.25, -0.2) is 4.79 Å². The molecule has 0 saturated carbocycles. The van der Waals surface area contributed by atoms with Crippen LogP contribution in [-0.2, 0) is 30.2 Å². The molecule has 0 saturated heterocycles. The molecule has 0 aliphatic carbocycles. The van der Waals surface area contributed by atoms with Crippen LogP contribution in [0.2, 0.25) is 0 Å². The van der Waals surface area contributed by atoms with Crippen molar-refractivity contribution in [2.75, 3.05) is 13.7 Å². The zero-order chi connectivity index (χ0) is 26.1. The van der Waals surface area contributed by atoms with E-state index in [2.05, 4.69) is 6.20 Å². The second-order valence-corrected chi connectivity index (χ2v) is 8.79. The van der Waals surface area contributed by atoms with Gasteiger partial charge in [0, 0.05) is 34.8 Å². The number of rotatable bonds is 6. The van der Waals surface area contributed by atoms with Gasteiger partial charge < -0.3 is 9.64 Å². The van der Waals surface area contributed by atoms with E-state index in [1.54, 1.807) is 18.3 Å². The molecule has 2 aliphatic rings. The summed E-state index contributed by atoms with van der Waals surface area (Å²) in [4.78, 5) is 13.4. The van der Waals surface area contributed by atoms with Gasteiger partial charge in [-0.05, 0) is 30.3 Å². The van der Waals surface area contributed by atoms with Crippen LogP contribution in [0.4, 0.5) is 26.3 Å². The number of carbonyl (C=O) groups excluding carboxylic acids is 1. The molecule has 2 N–H and O–H groups in total. The van der Waals surface area contributed by atoms with E-state index in [-0.39, 0.29) is 18.2 Å². The summed E-state index contributed by atoms with van der Waals surface area (Å²) in [5, 5.41) is 0. The Morgan fingerprint density at radius 2 is 1.53 bits per heavy atom. The number of hydrogen-bond acceptors (Lipinski definition) is 2. The highest BCUT2D eigenvalue weighted by molar-refractivity contribution is 5.89. The number of carbonyl (C=O) groups is 1. The topological polar surface area (TPSA) is 35.2 Å². The Hall–Kier alpha value is -3.37. The predicted octanol–water partition coefficient (Wildman–Crippen LogP) is 3.68. The van der Waals surface area contributed by atoms with Gasteiger partial charge >= 0.3 is 18.3 Å². The molecule has 4 nitrogen and oxygen atoms in total. The zero-order valence-electron chi connectivity index (χ0n) is 19.3. The Kier molecular flexibility index (Phi) is 7.10. The lowest BCUT2D eigenvalue weighted by Crippen LogP contribution is -3.04. The van der Waals surface area contributed by atoms with E-state index in [0.717, 1.165) is 41.8 Å². The van der Waals surface area contributed by atoms with Gasteiger partial charge in [0.1, 0.15) is 19.3 Å². The number of halogens is 6. The lowest BCUT2D eigenvalue weighted by molar-refractivity contribution is -0.855. The molecular formula is C26H24F6N2O2+2. The molecule has 10 heteroatoms. The van der Waals surface area contributed by atoms with Crippen molar-refractivity contribution in [3.63, 3.8) is 0 Å². The second-order valence-electron chi connectivity index (χ2n) is 8.79. The summed E-state index contributed by atoms with van der Waals surface area (Å²) in [5.74, 6) is -0.399. The number of ether oxygens (including phenoxy) is 1. The Morgan fingerprint density at radius 1 is 0.889 bits per heavy atom. The van der Waals surface area contributed by atoms with Gasteiger partial charge in [0.25, 0.3) is 0 Å². The van der Waals surface area contributed by atoms with Crippen molar-refractivity contribution in [2.24, 2.45) is 0 Å². The Morgan fingerprint density at radius 3 is 2.11 bits per heavy atom. The quantitative estimate of drug-likeness (QED) is 0.460. The molecule has 190 valence electrons. The van der Waals surface area contributed by atoms with Gasteiger partial charge in [-0.3, -0.25) is 4.90 Å². The number of esters is 1. The highest BCUT2D eigenvalue weighted by Crippen LogP contribution is 2.36. The van der Waals surface area contributed by atoms with Crippen LogP contribution in [0.5, 0.6) is 0 Å². The molecule has 2 aromatic rings. The summed E-state index contributed by atoms with van der Waals surface area (Å²) in [6.07, 6.45) is -1.48. The first-order valence-electron chi connectivity index (χ1n) is 11.2. The van der Waals surface area contributed by atoms with E-state index in [4.69, 9.17) is 4.74 Å². The normalized spacial score (nSPS) is 19.9. The van der Waals surface area contributed by atoms with E-state index in [0.29, 0.717) is 17.0 Å². The van der Waals surface area contributed by atoms with Gasteiger partial charge in [-0.2, -0.15) is 26.3 Å². The van der Waals surface area contributed by atoms with Crippen molar-refractivity contribution in [1.82, 2.24) is 0 Å². The van der Waals surface area contributed by atoms with Crippen LogP contribution in [0.15, 0.2) is 78.3 Å². The van der Waals surface area contributed by atoms with Crippen LogP contribution >= 0.6 is 0 Å². The maximum Gasteiger partial charge on any atom is 0.416 e. The second kappa shape index (κ2) is 9.94. The summed E-state index contributed by atoms with van der Waals surface area (Å²) >= 11 is 0. The summed E-state index contributed by atoms with van der Waals surface area (Å²) in [5.41, 5.74) is 0.835. The van der Waals surface area contributed by atoms with E-state index in [1.807, 2.05) is 24.4 Å². The molecule has 2 aromatic carbocycles.